The van der Waals surface area contributed by atoms with Crippen molar-refractivity contribution in [3.63, 3.8) is 0 Å². The molecule has 7 heteroatoms. The number of hydrogen-bond acceptors (Lipinski definition) is 6. The van der Waals surface area contributed by atoms with Crippen LogP contribution in [0.1, 0.15) is 43.9 Å². The maximum Gasteiger partial charge on any atom is 0.308 e. The summed E-state index contributed by atoms with van der Waals surface area (Å²) in [6.07, 6.45) is 7.90. The van der Waals surface area contributed by atoms with Crippen molar-refractivity contribution in [1.29, 1.82) is 0 Å². The Bertz CT molecular complexity index is 1010. The highest BCUT2D eigenvalue weighted by atomic mass is 16.5. The lowest BCUT2D eigenvalue weighted by Gasteiger charge is -2.17. The molecule has 30 heavy (non-hydrogen) atoms. The number of pyridine rings is 1. The lowest BCUT2D eigenvalue weighted by molar-refractivity contribution is -0.143. The van der Waals surface area contributed by atoms with Gasteiger partial charge in [0.15, 0.2) is 0 Å². The smallest absolute Gasteiger partial charge is 0.308 e. The predicted octanol–water partition coefficient (Wildman–Crippen LogP) is 3.77. The highest BCUT2D eigenvalue weighted by Gasteiger charge is 2.21. The molecule has 0 aliphatic heterocycles. The van der Waals surface area contributed by atoms with Gasteiger partial charge in [-0.2, -0.15) is 5.10 Å². The number of aliphatic hydroxyl groups excluding tert-OH is 1. The number of fused-ring (bicyclic) bond motifs is 1. The van der Waals surface area contributed by atoms with Crippen molar-refractivity contribution in [3.05, 3.63) is 59.9 Å². The Morgan fingerprint density at radius 2 is 2.13 bits per heavy atom. The second-order valence-electron chi connectivity index (χ2n) is 7.07. The lowest BCUT2D eigenvalue weighted by Crippen LogP contribution is -2.18. The minimum absolute atomic E-state index is 0.150. The molecule has 0 saturated heterocycles. The Kier molecular flexibility index (Phi) is 7.19. The van der Waals surface area contributed by atoms with Crippen LogP contribution in [0.2, 0.25) is 0 Å². The van der Waals surface area contributed by atoms with Crippen LogP contribution in [0.3, 0.4) is 0 Å². The van der Waals surface area contributed by atoms with Crippen molar-refractivity contribution < 1.29 is 19.4 Å². The molecule has 0 radical (unpaired) electrons. The second kappa shape index (κ2) is 10.0. The maximum absolute atomic E-state index is 12.2. The van der Waals surface area contributed by atoms with Gasteiger partial charge in [-0.1, -0.05) is 24.3 Å². The molecule has 0 fully saturated rings. The number of hydrogen-bond donors (Lipinski definition) is 1. The van der Waals surface area contributed by atoms with Gasteiger partial charge in [-0.15, -0.1) is 0 Å². The Balaban J connectivity index is 1.92. The summed E-state index contributed by atoms with van der Waals surface area (Å²) < 4.78 is 12.1. The number of esters is 1. The topological polar surface area (TPSA) is 86.5 Å². The molecule has 0 saturated carbocycles. The van der Waals surface area contributed by atoms with E-state index in [0.29, 0.717) is 18.9 Å². The Morgan fingerprint density at radius 1 is 1.30 bits per heavy atom. The molecule has 2 aromatic heterocycles. The van der Waals surface area contributed by atoms with E-state index in [-0.39, 0.29) is 24.5 Å². The molecular formula is C23H27N3O4. The molecule has 1 unspecified atom stereocenters. The first-order chi connectivity index (χ1) is 14.5. The van der Waals surface area contributed by atoms with Crippen LogP contribution < -0.4 is 4.74 Å². The molecule has 0 spiro atoms. The summed E-state index contributed by atoms with van der Waals surface area (Å²) in [5, 5.41) is 15.1. The summed E-state index contributed by atoms with van der Waals surface area (Å²) in [7, 11) is 1.56. The number of aromatic nitrogens is 3. The molecule has 7 nitrogen and oxygen atoms in total. The number of methoxy groups -OCH3 is 1. The molecule has 3 rings (SSSR count). The second-order valence-corrected chi connectivity index (χ2v) is 7.07. The normalized spacial score (nSPS) is 13.5. The maximum atomic E-state index is 12.2. The number of benzene rings is 1. The molecule has 1 N–H and O–H groups in total. The third-order valence-corrected chi connectivity index (χ3v) is 4.67. The molecular weight excluding hydrogens is 382 g/mol. The molecule has 0 aliphatic carbocycles. The quantitative estimate of drug-likeness (QED) is 0.542. The van der Waals surface area contributed by atoms with Crippen LogP contribution in [-0.2, 0) is 9.53 Å². The highest BCUT2D eigenvalue weighted by Crippen LogP contribution is 2.26. The van der Waals surface area contributed by atoms with E-state index in [1.54, 1.807) is 37.9 Å². The molecule has 0 bridgehead atoms. The number of aliphatic hydroxyl groups is 1. The van der Waals surface area contributed by atoms with Crippen LogP contribution in [0.25, 0.3) is 17.0 Å². The van der Waals surface area contributed by atoms with Crippen molar-refractivity contribution in [2.75, 3.05) is 13.7 Å². The van der Waals surface area contributed by atoms with Gasteiger partial charge in [0, 0.05) is 23.8 Å². The zero-order valence-corrected chi connectivity index (χ0v) is 17.5. The largest absolute Gasteiger partial charge is 0.481 e. The summed E-state index contributed by atoms with van der Waals surface area (Å²) in [5.74, 6) is 0.215. The van der Waals surface area contributed by atoms with Gasteiger partial charge in [-0.05, 0) is 43.5 Å². The van der Waals surface area contributed by atoms with E-state index >= 15 is 0 Å². The van der Waals surface area contributed by atoms with Crippen molar-refractivity contribution in [3.8, 4) is 5.88 Å². The van der Waals surface area contributed by atoms with Crippen LogP contribution >= 0.6 is 0 Å². The van der Waals surface area contributed by atoms with Crippen LogP contribution in [-0.4, -0.2) is 45.7 Å². The third kappa shape index (κ3) is 5.45. The van der Waals surface area contributed by atoms with E-state index in [0.717, 1.165) is 22.0 Å². The van der Waals surface area contributed by atoms with Crippen molar-refractivity contribution in [2.45, 2.75) is 38.8 Å². The third-order valence-electron chi connectivity index (χ3n) is 4.67. The fraction of sp³-hybridized carbons (Fsp3) is 0.348. The van der Waals surface area contributed by atoms with E-state index in [4.69, 9.17) is 14.6 Å². The Labute approximate surface area is 176 Å². The zero-order chi connectivity index (χ0) is 21.5. The summed E-state index contributed by atoms with van der Waals surface area (Å²) in [5.41, 5.74) is 2.67. The van der Waals surface area contributed by atoms with Crippen molar-refractivity contribution in [2.24, 2.45) is 0 Å². The average Bonchev–Trinajstić information content (AvgIpc) is 3.15. The minimum atomic E-state index is -0.370. The summed E-state index contributed by atoms with van der Waals surface area (Å²) in [6.45, 7) is 3.87. The Hall–Kier alpha value is -3.19. The van der Waals surface area contributed by atoms with Crippen LogP contribution in [0, 0.1) is 0 Å². The van der Waals surface area contributed by atoms with E-state index < -0.39 is 0 Å². The number of rotatable bonds is 9. The first-order valence-corrected chi connectivity index (χ1v) is 9.99. The van der Waals surface area contributed by atoms with Gasteiger partial charge in [-0.25, -0.2) is 4.98 Å². The molecule has 0 amide bonds. The van der Waals surface area contributed by atoms with Gasteiger partial charge >= 0.3 is 5.97 Å². The molecule has 158 valence electrons. The summed E-state index contributed by atoms with van der Waals surface area (Å²) >= 11 is 0. The first-order valence-electron chi connectivity index (χ1n) is 9.99. The van der Waals surface area contributed by atoms with Crippen LogP contribution in [0.5, 0.6) is 5.88 Å². The van der Waals surface area contributed by atoms with Crippen LogP contribution in [0.4, 0.5) is 0 Å². The van der Waals surface area contributed by atoms with Gasteiger partial charge in [0.05, 0.1) is 37.8 Å². The van der Waals surface area contributed by atoms with Gasteiger partial charge < -0.3 is 14.6 Å². The van der Waals surface area contributed by atoms with Gasteiger partial charge in [0.1, 0.15) is 0 Å². The van der Waals surface area contributed by atoms with Crippen LogP contribution in [0.15, 0.2) is 48.8 Å². The van der Waals surface area contributed by atoms with E-state index in [1.165, 1.54) is 0 Å². The summed E-state index contributed by atoms with van der Waals surface area (Å²) in [4.78, 5) is 16.5. The zero-order valence-electron chi connectivity index (χ0n) is 17.5. The molecule has 1 aromatic carbocycles. The number of nitrogens with zero attached hydrogens (tertiary/aromatic N) is 3. The fourth-order valence-electron chi connectivity index (χ4n) is 3.17. The first kappa shape index (κ1) is 21.5. The number of carbonyl (C=O) groups excluding carboxylic acids is 1. The number of ether oxygens (including phenoxy) is 2. The SMILES string of the molecule is CCOC(=O)C[C@@H](c1ccc(OC)nc1)n1cc2ccc(/C=C/CC(C)O)cc2n1. The molecule has 2 atom stereocenters. The lowest BCUT2D eigenvalue weighted by atomic mass is 10.1. The van der Waals surface area contributed by atoms with Crippen molar-refractivity contribution in [1.82, 2.24) is 14.8 Å². The molecule has 2 heterocycles. The van der Waals surface area contributed by atoms with E-state index in [9.17, 15) is 9.90 Å². The van der Waals surface area contributed by atoms with Crippen molar-refractivity contribution >= 4 is 22.9 Å². The minimum Gasteiger partial charge on any atom is -0.481 e. The van der Waals surface area contributed by atoms with Gasteiger partial charge in [0.2, 0.25) is 5.88 Å². The standard InChI is InChI=1S/C23H27N3O4/c1-4-30-23(28)13-21(18-10-11-22(29-3)24-14-18)26-15-19-9-8-17(12-20(19)25-26)7-5-6-16(2)27/h5,7-12,14-16,21,27H,4,6,13H2,1-3H3/b7-5+/t16?,21-/m0/s1. The summed E-state index contributed by atoms with van der Waals surface area (Å²) in [6, 6.07) is 9.28. The van der Waals surface area contributed by atoms with Gasteiger partial charge in [0.25, 0.3) is 0 Å². The highest BCUT2D eigenvalue weighted by molar-refractivity contribution is 5.81. The fourth-order valence-corrected chi connectivity index (χ4v) is 3.17. The van der Waals surface area contributed by atoms with E-state index in [2.05, 4.69) is 4.98 Å². The molecule has 3 aromatic rings. The monoisotopic (exact) mass is 409 g/mol. The average molecular weight is 409 g/mol. The van der Waals surface area contributed by atoms with E-state index in [1.807, 2.05) is 42.6 Å². The Morgan fingerprint density at radius 3 is 2.80 bits per heavy atom. The molecule has 0 aliphatic rings. The van der Waals surface area contributed by atoms with Gasteiger partial charge in [-0.3, -0.25) is 9.48 Å². The number of carbonyl (C=O) groups is 1. The predicted molar refractivity (Wildman–Crippen MR) is 115 cm³/mol.